The number of carbonyl (C=O) groups excluding carboxylic acids is 3. The lowest BCUT2D eigenvalue weighted by molar-refractivity contribution is -0.152. The van der Waals surface area contributed by atoms with Gasteiger partial charge in [-0.25, -0.2) is 0 Å². The first kappa shape index (κ1) is 34.3. The second-order valence-corrected chi connectivity index (χ2v) is 9.29. The molecule has 0 aliphatic carbocycles. The van der Waals surface area contributed by atoms with Crippen molar-refractivity contribution in [3.63, 3.8) is 0 Å². The molecule has 1 amide bonds. The minimum Gasteiger partial charge on any atom is -0.755 e. The van der Waals surface area contributed by atoms with E-state index in [0.29, 0.717) is 30.9 Å². The lowest BCUT2D eigenvalue weighted by atomic mass is 10.1. The van der Waals surface area contributed by atoms with Crippen molar-refractivity contribution in [2.75, 3.05) is 22.5 Å². The summed E-state index contributed by atoms with van der Waals surface area (Å²) in [5.41, 5.74) is 8.43. The highest BCUT2D eigenvalue weighted by molar-refractivity contribution is 7.80. The summed E-state index contributed by atoms with van der Waals surface area (Å²) in [7, 11) is 0. The summed E-state index contributed by atoms with van der Waals surface area (Å²) < 4.78 is 49.9. The summed E-state index contributed by atoms with van der Waals surface area (Å²) in [5, 5.41) is 11.0. The van der Waals surface area contributed by atoms with Gasteiger partial charge in [-0.2, -0.15) is 0 Å². The quantitative estimate of drug-likeness (QED) is 0.129. The van der Waals surface area contributed by atoms with E-state index in [1.165, 1.54) is 0 Å². The molecule has 40 heavy (non-hydrogen) atoms. The van der Waals surface area contributed by atoms with Gasteiger partial charge in [-0.1, -0.05) is 24.3 Å². The highest BCUT2D eigenvalue weighted by Gasteiger charge is 2.19. The van der Waals surface area contributed by atoms with Crippen LogP contribution >= 0.6 is 0 Å². The van der Waals surface area contributed by atoms with Crippen LogP contribution in [0.25, 0.3) is 0 Å². The number of benzene rings is 2. The van der Waals surface area contributed by atoms with Gasteiger partial charge in [0.15, 0.2) is 0 Å². The lowest BCUT2D eigenvalue weighted by Gasteiger charge is -2.09. The molecule has 0 bridgehead atoms. The summed E-state index contributed by atoms with van der Waals surface area (Å²) in [6, 6.07) is 13.9. The number of esters is 2. The van der Waals surface area contributed by atoms with Crippen LogP contribution < -0.4 is 20.5 Å². The Balaban J connectivity index is 0.000000339. The van der Waals surface area contributed by atoms with Gasteiger partial charge in [0.05, 0.1) is 19.3 Å². The summed E-state index contributed by atoms with van der Waals surface area (Å²) in [6.07, 6.45) is 1.70. The van der Waals surface area contributed by atoms with E-state index in [1.54, 1.807) is 36.4 Å². The number of amides is 1. The fourth-order valence-electron chi connectivity index (χ4n) is 2.93. The van der Waals surface area contributed by atoms with E-state index in [-0.39, 0.29) is 31.6 Å². The average molecular weight is 599 g/mol. The second-order valence-electron chi connectivity index (χ2n) is 7.95. The molecule has 0 spiro atoms. The van der Waals surface area contributed by atoms with Crippen LogP contribution in [0.15, 0.2) is 48.5 Å². The number of ether oxygens (including phenoxy) is 1. The zero-order chi connectivity index (χ0) is 29.9. The van der Waals surface area contributed by atoms with Crippen molar-refractivity contribution in [1.82, 2.24) is 5.32 Å². The third-order valence-electron chi connectivity index (χ3n) is 4.81. The molecule has 3 rings (SSSR count). The SMILES string of the molecule is NCCc1ccc(NS(=O)[O-])cc1.O=C(O)CCC(=O)NCCc1ccc(NS(=O)[O-])cc1.O=C1CCC(=O)O1. The number of rotatable bonds is 12. The predicted molar refractivity (Wildman–Crippen MR) is 145 cm³/mol. The fourth-order valence-corrected chi connectivity index (χ4v) is 3.58. The second kappa shape index (κ2) is 19.4. The lowest BCUT2D eigenvalue weighted by Crippen LogP contribution is -2.26. The maximum Gasteiger partial charge on any atom is 0.314 e. The zero-order valence-electron chi connectivity index (χ0n) is 21.3. The first-order valence-corrected chi connectivity index (χ1v) is 13.9. The van der Waals surface area contributed by atoms with Gasteiger partial charge in [-0.3, -0.25) is 27.6 Å². The number of carbonyl (C=O) groups is 4. The largest absolute Gasteiger partial charge is 0.755 e. The van der Waals surface area contributed by atoms with Crippen LogP contribution in [-0.2, 0) is 59.3 Å². The number of hydrogen-bond donors (Lipinski definition) is 5. The van der Waals surface area contributed by atoms with Gasteiger partial charge in [0.2, 0.25) is 5.91 Å². The van der Waals surface area contributed by atoms with Crippen molar-refractivity contribution in [2.24, 2.45) is 5.73 Å². The van der Waals surface area contributed by atoms with E-state index < -0.39 is 40.4 Å². The molecule has 0 radical (unpaired) electrons. The number of nitrogens with two attached hydrogens (primary N) is 1. The molecule has 2 unspecified atom stereocenters. The molecule has 1 aliphatic rings. The van der Waals surface area contributed by atoms with Crippen molar-refractivity contribution >= 4 is 57.7 Å². The van der Waals surface area contributed by atoms with Gasteiger partial charge < -0.3 is 39.4 Å². The van der Waals surface area contributed by atoms with Crippen LogP contribution in [0.2, 0.25) is 0 Å². The molecular weight excluding hydrogens is 568 g/mol. The summed E-state index contributed by atoms with van der Waals surface area (Å²) in [6.45, 7) is 0.999. The summed E-state index contributed by atoms with van der Waals surface area (Å²) in [5.74, 6) is -2.10. The van der Waals surface area contributed by atoms with Crippen LogP contribution in [0, 0.1) is 0 Å². The molecule has 1 fully saturated rings. The molecule has 220 valence electrons. The summed E-state index contributed by atoms with van der Waals surface area (Å²) >= 11 is -4.60. The highest BCUT2D eigenvalue weighted by Crippen LogP contribution is 2.11. The van der Waals surface area contributed by atoms with E-state index in [1.807, 2.05) is 12.1 Å². The Kier molecular flexibility index (Phi) is 16.6. The Bertz CT molecular complexity index is 1150. The van der Waals surface area contributed by atoms with E-state index in [2.05, 4.69) is 19.5 Å². The van der Waals surface area contributed by atoms with E-state index in [0.717, 1.165) is 17.5 Å². The zero-order valence-corrected chi connectivity index (χ0v) is 22.9. The first-order chi connectivity index (χ1) is 19.0. The monoisotopic (exact) mass is 598 g/mol. The molecule has 0 saturated carbocycles. The Labute approximate surface area is 235 Å². The Hall–Kier alpha value is -3.70. The number of hydrogen-bond acceptors (Lipinski definition) is 10. The smallest absolute Gasteiger partial charge is 0.314 e. The van der Waals surface area contributed by atoms with Gasteiger partial charge >= 0.3 is 17.9 Å². The van der Waals surface area contributed by atoms with Crippen molar-refractivity contribution in [1.29, 1.82) is 0 Å². The van der Waals surface area contributed by atoms with Crippen molar-refractivity contribution in [3.8, 4) is 0 Å². The van der Waals surface area contributed by atoms with Gasteiger partial charge in [0, 0.05) is 46.9 Å². The van der Waals surface area contributed by atoms with Crippen molar-refractivity contribution in [2.45, 2.75) is 38.5 Å². The van der Waals surface area contributed by atoms with Crippen molar-refractivity contribution in [3.05, 3.63) is 59.7 Å². The van der Waals surface area contributed by atoms with E-state index in [4.69, 9.17) is 10.8 Å². The first-order valence-electron chi connectivity index (χ1n) is 11.8. The molecule has 14 nitrogen and oxygen atoms in total. The number of carboxylic acid groups (broad SMARTS) is 1. The number of aliphatic carboxylic acids is 1. The molecule has 2 aromatic rings. The van der Waals surface area contributed by atoms with Crippen LogP contribution in [0.4, 0.5) is 11.4 Å². The predicted octanol–water partition coefficient (Wildman–Crippen LogP) is 0.660. The van der Waals surface area contributed by atoms with Gasteiger partial charge in [-0.05, 0) is 54.8 Å². The fraction of sp³-hybridized carbons (Fsp3) is 0.333. The molecule has 1 heterocycles. The van der Waals surface area contributed by atoms with Crippen LogP contribution in [0.3, 0.4) is 0 Å². The maximum absolute atomic E-state index is 11.3. The molecule has 0 aromatic heterocycles. The van der Waals surface area contributed by atoms with Gasteiger partial charge in [0.25, 0.3) is 0 Å². The number of anilines is 2. The minimum absolute atomic E-state index is 0.0342. The molecule has 16 heteroatoms. The molecule has 1 aliphatic heterocycles. The average Bonchev–Trinajstić information content (AvgIpc) is 3.27. The number of cyclic esters (lactones) is 2. The summed E-state index contributed by atoms with van der Waals surface area (Å²) in [4.78, 5) is 41.6. The molecule has 2 atom stereocenters. The van der Waals surface area contributed by atoms with Crippen LogP contribution in [0.1, 0.15) is 36.8 Å². The molecule has 2 aromatic carbocycles. The van der Waals surface area contributed by atoms with Gasteiger partial charge in [-0.15, -0.1) is 0 Å². The third kappa shape index (κ3) is 17.0. The molecule has 6 N–H and O–H groups in total. The van der Waals surface area contributed by atoms with E-state index >= 15 is 0 Å². The van der Waals surface area contributed by atoms with Crippen LogP contribution in [0.5, 0.6) is 0 Å². The molecular formula is C24H30N4O10S2-2. The standard InChI is InChI=1S/C12H16N2O5S.C8H12N2O2S.C4H4O3/c15-11(5-6-12(16)17)13-8-7-9-1-3-10(4-2-9)14-20(18)19;9-6-5-7-1-3-8(4-2-7)10-13(11)12;5-3-1-2-4(6)7-3/h1-4,14H,5-8H2,(H,13,15)(H,16,17)(H,18,19);1-4,10H,5-6,9H2,(H,11,12);1-2H2/p-2. The number of nitrogens with one attached hydrogen (secondary N) is 3. The normalized spacial score (nSPS) is 13.4. The molecule has 1 saturated heterocycles. The maximum atomic E-state index is 11.3. The Morgan fingerprint density at radius 2 is 1.27 bits per heavy atom. The minimum atomic E-state index is -2.35. The topological polar surface area (TPSA) is 240 Å². The number of carboxylic acids is 1. The Morgan fingerprint density at radius 3 is 1.62 bits per heavy atom. The van der Waals surface area contributed by atoms with Crippen molar-refractivity contribution < 1.29 is 46.5 Å². The third-order valence-corrected chi connectivity index (χ3v) is 5.61. The van der Waals surface area contributed by atoms with Crippen LogP contribution in [-0.4, -0.2) is 59.5 Å². The van der Waals surface area contributed by atoms with Gasteiger partial charge in [0.1, 0.15) is 0 Å². The highest BCUT2D eigenvalue weighted by atomic mass is 32.2. The van der Waals surface area contributed by atoms with E-state index in [9.17, 15) is 36.7 Å². The Morgan fingerprint density at radius 1 is 0.825 bits per heavy atom.